The molecule has 1 heterocycles. The summed E-state index contributed by atoms with van der Waals surface area (Å²) in [6, 6.07) is 3.65. The number of aryl methyl sites for hydroxylation is 1. The van der Waals surface area contributed by atoms with Crippen LogP contribution in [0.25, 0.3) is 0 Å². The molecule has 98 valence electrons. The molecule has 1 aliphatic rings. The lowest BCUT2D eigenvalue weighted by Crippen LogP contribution is -2.39. The molecule has 1 unspecified atom stereocenters. The maximum Gasteiger partial charge on any atom is 0.256 e. The summed E-state index contributed by atoms with van der Waals surface area (Å²) in [5.41, 5.74) is 7.44. The first-order valence-corrected chi connectivity index (χ1v) is 6.73. The van der Waals surface area contributed by atoms with E-state index in [0.717, 1.165) is 22.9 Å². The Labute approximate surface area is 115 Å². The van der Waals surface area contributed by atoms with E-state index < -0.39 is 5.60 Å². The Kier molecular flexibility index (Phi) is 3.64. The van der Waals surface area contributed by atoms with Crippen LogP contribution in [-0.2, 0) is 9.53 Å². The minimum absolute atomic E-state index is 0.121. The Morgan fingerprint density at radius 2 is 2.28 bits per heavy atom. The summed E-state index contributed by atoms with van der Waals surface area (Å²) in [6.07, 6.45) is 1.67. The number of nitrogens with one attached hydrogen (secondary N) is 1. The number of anilines is 2. The van der Waals surface area contributed by atoms with E-state index in [1.807, 2.05) is 19.9 Å². The van der Waals surface area contributed by atoms with Crippen molar-refractivity contribution < 1.29 is 9.53 Å². The van der Waals surface area contributed by atoms with Crippen LogP contribution in [0.5, 0.6) is 0 Å². The molecular formula is C13H17BrN2O2. The van der Waals surface area contributed by atoms with Gasteiger partial charge in [0.15, 0.2) is 0 Å². The molecule has 1 atom stereocenters. The highest BCUT2D eigenvalue weighted by molar-refractivity contribution is 9.10. The fraction of sp³-hybridized carbons (Fsp3) is 0.462. The number of halogens is 1. The molecule has 0 saturated carbocycles. The molecule has 0 aliphatic carbocycles. The number of hydrogen-bond donors (Lipinski definition) is 2. The second kappa shape index (κ2) is 4.90. The smallest absolute Gasteiger partial charge is 0.256 e. The van der Waals surface area contributed by atoms with Crippen LogP contribution in [-0.4, -0.2) is 18.1 Å². The third-order valence-electron chi connectivity index (χ3n) is 3.30. The highest BCUT2D eigenvalue weighted by Crippen LogP contribution is 2.31. The van der Waals surface area contributed by atoms with Gasteiger partial charge in [0.1, 0.15) is 5.60 Å². The van der Waals surface area contributed by atoms with Gasteiger partial charge in [0.2, 0.25) is 0 Å². The SMILES string of the molecule is Cc1cc(Br)c(NC(=O)C2(C)CCCO2)cc1N. The van der Waals surface area contributed by atoms with Crippen LogP contribution in [0.15, 0.2) is 16.6 Å². The van der Waals surface area contributed by atoms with E-state index in [2.05, 4.69) is 21.2 Å². The number of nitrogen functional groups attached to an aromatic ring is 1. The van der Waals surface area contributed by atoms with Gasteiger partial charge in [0.05, 0.1) is 5.69 Å². The Balaban J connectivity index is 2.19. The first kappa shape index (κ1) is 13.4. The quantitative estimate of drug-likeness (QED) is 0.825. The maximum atomic E-state index is 12.2. The van der Waals surface area contributed by atoms with Gasteiger partial charge in [-0.25, -0.2) is 0 Å². The number of benzene rings is 1. The van der Waals surface area contributed by atoms with Crippen LogP contribution in [0.3, 0.4) is 0 Å². The Morgan fingerprint density at radius 3 is 2.89 bits per heavy atom. The minimum atomic E-state index is -0.723. The van der Waals surface area contributed by atoms with Gasteiger partial charge in [-0.1, -0.05) is 0 Å². The molecule has 4 nitrogen and oxygen atoms in total. The van der Waals surface area contributed by atoms with Crippen molar-refractivity contribution in [3.05, 3.63) is 22.2 Å². The van der Waals surface area contributed by atoms with Crippen LogP contribution in [0.1, 0.15) is 25.3 Å². The Morgan fingerprint density at radius 1 is 1.56 bits per heavy atom. The monoisotopic (exact) mass is 312 g/mol. The van der Waals surface area contributed by atoms with Gasteiger partial charge in [-0.3, -0.25) is 4.79 Å². The fourth-order valence-corrected chi connectivity index (χ4v) is 2.55. The third-order valence-corrected chi connectivity index (χ3v) is 3.96. The Hall–Kier alpha value is -1.07. The minimum Gasteiger partial charge on any atom is -0.398 e. The average molecular weight is 313 g/mol. The number of rotatable bonds is 2. The topological polar surface area (TPSA) is 64.3 Å². The molecule has 1 aliphatic heterocycles. The normalized spacial score (nSPS) is 23.1. The molecule has 0 spiro atoms. The van der Waals surface area contributed by atoms with E-state index in [1.54, 1.807) is 6.07 Å². The van der Waals surface area contributed by atoms with E-state index in [4.69, 9.17) is 10.5 Å². The van der Waals surface area contributed by atoms with Crippen LogP contribution in [0.2, 0.25) is 0 Å². The molecule has 1 fully saturated rings. The summed E-state index contributed by atoms with van der Waals surface area (Å²) in [7, 11) is 0. The van der Waals surface area contributed by atoms with Gasteiger partial charge >= 0.3 is 0 Å². The zero-order valence-electron chi connectivity index (χ0n) is 10.5. The van der Waals surface area contributed by atoms with Gasteiger partial charge in [-0.05, 0) is 60.3 Å². The van der Waals surface area contributed by atoms with Crippen LogP contribution >= 0.6 is 15.9 Å². The summed E-state index contributed by atoms with van der Waals surface area (Å²) >= 11 is 3.42. The average Bonchev–Trinajstić information content (AvgIpc) is 2.74. The van der Waals surface area contributed by atoms with E-state index in [0.29, 0.717) is 18.0 Å². The van der Waals surface area contributed by atoms with Crippen molar-refractivity contribution in [2.45, 2.75) is 32.3 Å². The third kappa shape index (κ3) is 2.52. The van der Waals surface area contributed by atoms with Crippen molar-refractivity contribution in [1.82, 2.24) is 0 Å². The predicted octanol–water partition coefficient (Wildman–Crippen LogP) is 2.85. The first-order chi connectivity index (χ1) is 8.42. The van der Waals surface area contributed by atoms with Gasteiger partial charge in [-0.2, -0.15) is 0 Å². The number of hydrogen-bond acceptors (Lipinski definition) is 3. The zero-order valence-corrected chi connectivity index (χ0v) is 12.1. The van der Waals surface area contributed by atoms with Crippen molar-refractivity contribution in [3.8, 4) is 0 Å². The van der Waals surface area contributed by atoms with Gasteiger partial charge < -0.3 is 15.8 Å². The molecule has 0 radical (unpaired) electrons. The summed E-state index contributed by atoms with van der Waals surface area (Å²) in [5, 5.41) is 2.87. The lowest BCUT2D eigenvalue weighted by molar-refractivity contribution is -0.133. The number of carbonyl (C=O) groups is 1. The highest BCUT2D eigenvalue weighted by atomic mass is 79.9. The summed E-state index contributed by atoms with van der Waals surface area (Å²) < 4.78 is 6.33. The van der Waals surface area contributed by atoms with Crippen molar-refractivity contribution in [3.63, 3.8) is 0 Å². The second-order valence-corrected chi connectivity index (χ2v) is 5.68. The molecule has 1 aromatic carbocycles. The van der Waals surface area contributed by atoms with E-state index in [-0.39, 0.29) is 5.91 Å². The molecule has 1 amide bonds. The number of carbonyl (C=O) groups excluding carboxylic acids is 1. The van der Waals surface area contributed by atoms with Crippen molar-refractivity contribution in [1.29, 1.82) is 0 Å². The second-order valence-electron chi connectivity index (χ2n) is 4.83. The van der Waals surface area contributed by atoms with Crippen molar-refractivity contribution in [2.75, 3.05) is 17.7 Å². The van der Waals surface area contributed by atoms with Gasteiger partial charge in [-0.15, -0.1) is 0 Å². The molecule has 1 aromatic rings. The zero-order chi connectivity index (χ0) is 13.3. The number of ether oxygens (including phenoxy) is 1. The highest BCUT2D eigenvalue weighted by Gasteiger charge is 2.37. The van der Waals surface area contributed by atoms with E-state index in [1.165, 1.54) is 0 Å². The lowest BCUT2D eigenvalue weighted by Gasteiger charge is -2.22. The molecule has 0 bridgehead atoms. The van der Waals surface area contributed by atoms with E-state index >= 15 is 0 Å². The molecule has 3 N–H and O–H groups in total. The van der Waals surface area contributed by atoms with Gasteiger partial charge in [0, 0.05) is 16.8 Å². The van der Waals surface area contributed by atoms with Crippen LogP contribution in [0, 0.1) is 6.92 Å². The van der Waals surface area contributed by atoms with Crippen molar-refractivity contribution in [2.24, 2.45) is 0 Å². The summed E-state index contributed by atoms with van der Waals surface area (Å²) in [5.74, 6) is -0.121. The fourth-order valence-electron chi connectivity index (χ4n) is 2.00. The van der Waals surface area contributed by atoms with Crippen LogP contribution in [0.4, 0.5) is 11.4 Å². The molecule has 18 heavy (non-hydrogen) atoms. The molecule has 5 heteroatoms. The summed E-state index contributed by atoms with van der Waals surface area (Å²) in [6.45, 7) is 4.38. The number of amides is 1. The molecular weight excluding hydrogens is 296 g/mol. The number of nitrogens with two attached hydrogens (primary N) is 1. The largest absolute Gasteiger partial charge is 0.398 e. The van der Waals surface area contributed by atoms with Gasteiger partial charge in [0.25, 0.3) is 5.91 Å². The van der Waals surface area contributed by atoms with Crippen LogP contribution < -0.4 is 11.1 Å². The van der Waals surface area contributed by atoms with Crippen molar-refractivity contribution >= 4 is 33.2 Å². The molecule has 2 rings (SSSR count). The standard InChI is InChI=1S/C13H17BrN2O2/c1-8-6-9(14)11(7-10(8)15)16-12(17)13(2)4-3-5-18-13/h6-7H,3-5,15H2,1-2H3,(H,16,17). The molecule has 1 saturated heterocycles. The van der Waals surface area contributed by atoms with E-state index in [9.17, 15) is 4.79 Å². The first-order valence-electron chi connectivity index (χ1n) is 5.93. The Bertz CT molecular complexity index is 482. The summed E-state index contributed by atoms with van der Waals surface area (Å²) in [4.78, 5) is 12.2. The molecule has 0 aromatic heterocycles. The maximum absolute atomic E-state index is 12.2. The lowest BCUT2D eigenvalue weighted by atomic mass is 10.0. The predicted molar refractivity (Wildman–Crippen MR) is 75.5 cm³/mol.